The predicted octanol–water partition coefficient (Wildman–Crippen LogP) is 2.83. The minimum absolute atomic E-state index is 0.0111. The van der Waals surface area contributed by atoms with Crippen molar-refractivity contribution in [1.29, 1.82) is 0 Å². The number of hydrogen-bond donors (Lipinski definition) is 0. The molecule has 0 bridgehead atoms. The average molecular weight is 399 g/mol. The van der Waals surface area contributed by atoms with Crippen molar-refractivity contribution in [2.75, 3.05) is 19.7 Å². The highest BCUT2D eigenvalue weighted by Crippen LogP contribution is 2.37. The van der Waals surface area contributed by atoms with Gasteiger partial charge in [-0.25, -0.2) is 9.48 Å². The minimum Gasteiger partial charge on any atom is -0.484 e. The molecule has 0 N–H and O–H groups in total. The predicted molar refractivity (Wildman–Crippen MR) is 110 cm³/mol. The summed E-state index contributed by atoms with van der Waals surface area (Å²) < 4.78 is 9.02. The zero-order valence-corrected chi connectivity index (χ0v) is 17.5. The van der Waals surface area contributed by atoms with Gasteiger partial charge in [0, 0.05) is 32.1 Å². The van der Waals surface area contributed by atoms with Gasteiger partial charge in [0.25, 0.3) is 5.91 Å². The molecule has 0 spiro atoms. The van der Waals surface area contributed by atoms with Crippen molar-refractivity contribution in [3.05, 3.63) is 46.1 Å². The van der Waals surface area contributed by atoms with Crippen LogP contribution in [0.2, 0.25) is 0 Å². The van der Waals surface area contributed by atoms with Crippen molar-refractivity contribution in [3.8, 4) is 5.75 Å². The summed E-state index contributed by atoms with van der Waals surface area (Å²) in [6, 6.07) is 8.26. The van der Waals surface area contributed by atoms with Crippen LogP contribution in [-0.2, 0) is 11.8 Å². The van der Waals surface area contributed by atoms with E-state index in [-0.39, 0.29) is 24.1 Å². The second kappa shape index (κ2) is 8.05. The molecule has 0 unspecified atom stereocenters. The Balaban J connectivity index is 1.31. The van der Waals surface area contributed by atoms with Gasteiger partial charge in [-0.05, 0) is 49.3 Å². The molecule has 0 radical (unpaired) electrons. The van der Waals surface area contributed by atoms with Gasteiger partial charge in [0.15, 0.2) is 6.61 Å². The number of hydrogen-bond acceptors (Lipinski definition) is 4. The van der Waals surface area contributed by atoms with Gasteiger partial charge in [0.2, 0.25) is 0 Å². The van der Waals surface area contributed by atoms with Crippen LogP contribution in [0, 0.1) is 0 Å². The highest BCUT2D eigenvalue weighted by atomic mass is 16.5. The maximum absolute atomic E-state index is 12.6. The lowest BCUT2D eigenvalue weighted by Gasteiger charge is -2.31. The number of rotatable bonds is 6. The molecule has 1 aromatic carbocycles. The first kappa shape index (κ1) is 19.7. The quantitative estimate of drug-likeness (QED) is 0.750. The second-order valence-electron chi connectivity index (χ2n) is 8.53. The molecule has 1 aliphatic carbocycles. The Morgan fingerprint density at radius 1 is 1.14 bits per heavy atom. The number of nitrogens with zero attached hydrogens (tertiary/aromatic N) is 4. The lowest BCUT2D eigenvalue weighted by Crippen LogP contribution is -2.41. The summed E-state index contributed by atoms with van der Waals surface area (Å²) in [5.74, 6) is 2.34. The van der Waals surface area contributed by atoms with E-state index in [1.807, 2.05) is 33.7 Å². The first-order chi connectivity index (χ1) is 13.9. The van der Waals surface area contributed by atoms with Crippen LogP contribution < -0.4 is 10.4 Å². The van der Waals surface area contributed by atoms with Crippen LogP contribution in [0.1, 0.15) is 68.8 Å². The number of likely N-dealkylation sites (tertiary alicyclic amines) is 1. The fourth-order valence-electron chi connectivity index (χ4n) is 4.03. The highest BCUT2D eigenvalue weighted by Gasteiger charge is 2.34. The van der Waals surface area contributed by atoms with Crippen molar-refractivity contribution in [1.82, 2.24) is 19.2 Å². The fraction of sp³-hybridized carbons (Fsp3) is 0.591. The summed E-state index contributed by atoms with van der Waals surface area (Å²) in [5.41, 5.74) is 1.24. The third-order valence-electron chi connectivity index (χ3n) is 6.02. The number of carbonyl (C=O) groups excluding carboxylic acids is 1. The molecule has 1 aliphatic heterocycles. The van der Waals surface area contributed by atoms with Gasteiger partial charge >= 0.3 is 5.69 Å². The topological polar surface area (TPSA) is 69.4 Å². The standard InChI is InChI=1S/C22H30N4O3/c1-15(2)16-4-8-19(9-5-16)29-14-20(27)25-12-10-17(11-13-25)21-23-24(3)22(28)26(21)18-6-7-18/h4-5,8-9,15,17-18H,6-7,10-14H2,1-3H3. The maximum Gasteiger partial charge on any atom is 0.345 e. The maximum atomic E-state index is 12.6. The molecule has 0 atom stereocenters. The number of amides is 1. The molecule has 1 aromatic heterocycles. The molecule has 1 saturated heterocycles. The Morgan fingerprint density at radius 2 is 1.79 bits per heavy atom. The molecule has 7 nitrogen and oxygen atoms in total. The van der Waals surface area contributed by atoms with E-state index < -0.39 is 0 Å². The van der Waals surface area contributed by atoms with E-state index in [0.717, 1.165) is 37.3 Å². The Bertz CT molecular complexity index is 917. The van der Waals surface area contributed by atoms with Gasteiger partial charge in [0.05, 0.1) is 0 Å². The summed E-state index contributed by atoms with van der Waals surface area (Å²) in [6.07, 6.45) is 3.78. The van der Waals surface area contributed by atoms with Gasteiger partial charge in [-0.2, -0.15) is 5.10 Å². The highest BCUT2D eigenvalue weighted by molar-refractivity contribution is 5.77. The Kier molecular flexibility index (Phi) is 5.48. The zero-order chi connectivity index (χ0) is 20.5. The van der Waals surface area contributed by atoms with Crippen LogP contribution in [-0.4, -0.2) is 44.9 Å². The molecule has 4 rings (SSSR count). The first-order valence-electron chi connectivity index (χ1n) is 10.6. The van der Waals surface area contributed by atoms with E-state index in [2.05, 4.69) is 18.9 Å². The molecule has 156 valence electrons. The van der Waals surface area contributed by atoms with Crippen LogP contribution >= 0.6 is 0 Å². The van der Waals surface area contributed by atoms with Crippen molar-refractivity contribution < 1.29 is 9.53 Å². The number of carbonyl (C=O) groups is 1. The summed E-state index contributed by atoms with van der Waals surface area (Å²) >= 11 is 0. The number of ether oxygens (including phenoxy) is 1. The van der Waals surface area contributed by atoms with Crippen molar-refractivity contribution >= 4 is 5.91 Å². The molecular weight excluding hydrogens is 368 g/mol. The Labute approximate surface area is 171 Å². The largest absolute Gasteiger partial charge is 0.484 e. The van der Waals surface area contributed by atoms with Crippen LogP contribution in [0.3, 0.4) is 0 Å². The summed E-state index contributed by atoms with van der Waals surface area (Å²) in [4.78, 5) is 26.8. The molecule has 7 heteroatoms. The van der Waals surface area contributed by atoms with Crippen molar-refractivity contribution in [3.63, 3.8) is 0 Å². The number of aryl methyl sites for hydroxylation is 1. The van der Waals surface area contributed by atoms with Crippen LogP contribution in [0.15, 0.2) is 29.1 Å². The number of aromatic nitrogens is 3. The normalized spacial score (nSPS) is 17.7. The third-order valence-corrected chi connectivity index (χ3v) is 6.02. The molecule has 2 heterocycles. The number of benzene rings is 1. The average Bonchev–Trinajstić information content (AvgIpc) is 3.52. The molecular formula is C22H30N4O3. The summed E-state index contributed by atoms with van der Waals surface area (Å²) in [7, 11) is 1.72. The van der Waals surface area contributed by atoms with Gasteiger partial charge in [-0.3, -0.25) is 9.36 Å². The third kappa shape index (κ3) is 4.23. The van der Waals surface area contributed by atoms with Crippen LogP contribution in [0.5, 0.6) is 5.75 Å². The molecule has 2 aliphatic rings. The van der Waals surface area contributed by atoms with Crippen LogP contribution in [0.4, 0.5) is 0 Å². The fourth-order valence-corrected chi connectivity index (χ4v) is 4.03. The van der Waals surface area contributed by atoms with E-state index in [0.29, 0.717) is 25.0 Å². The summed E-state index contributed by atoms with van der Waals surface area (Å²) in [6.45, 7) is 5.71. The first-order valence-corrected chi connectivity index (χ1v) is 10.6. The smallest absolute Gasteiger partial charge is 0.345 e. The Hall–Kier alpha value is -2.57. The van der Waals surface area contributed by atoms with E-state index in [4.69, 9.17) is 4.74 Å². The SMILES string of the molecule is CC(C)c1ccc(OCC(=O)N2CCC(c3nn(C)c(=O)n3C3CC3)CC2)cc1. The van der Waals surface area contributed by atoms with Crippen molar-refractivity contribution in [2.24, 2.45) is 7.05 Å². The van der Waals surface area contributed by atoms with Gasteiger partial charge in [0.1, 0.15) is 11.6 Å². The minimum atomic E-state index is -0.0158. The molecule has 1 amide bonds. The van der Waals surface area contributed by atoms with Crippen molar-refractivity contribution in [2.45, 2.75) is 57.4 Å². The zero-order valence-electron chi connectivity index (χ0n) is 17.5. The summed E-state index contributed by atoms with van der Waals surface area (Å²) in [5, 5.41) is 4.50. The molecule has 2 aromatic rings. The van der Waals surface area contributed by atoms with E-state index in [1.165, 1.54) is 10.2 Å². The van der Waals surface area contributed by atoms with E-state index >= 15 is 0 Å². The Morgan fingerprint density at radius 3 is 2.38 bits per heavy atom. The van der Waals surface area contributed by atoms with Crippen LogP contribution in [0.25, 0.3) is 0 Å². The second-order valence-corrected chi connectivity index (χ2v) is 8.53. The monoisotopic (exact) mass is 398 g/mol. The van der Waals surface area contributed by atoms with E-state index in [9.17, 15) is 9.59 Å². The number of piperidine rings is 1. The lowest BCUT2D eigenvalue weighted by atomic mass is 9.96. The van der Waals surface area contributed by atoms with Gasteiger partial charge in [-0.1, -0.05) is 26.0 Å². The lowest BCUT2D eigenvalue weighted by molar-refractivity contribution is -0.134. The molecule has 2 fully saturated rings. The van der Waals surface area contributed by atoms with Gasteiger partial charge < -0.3 is 9.64 Å². The van der Waals surface area contributed by atoms with E-state index in [1.54, 1.807) is 7.05 Å². The molecule has 29 heavy (non-hydrogen) atoms. The molecule has 1 saturated carbocycles. The van der Waals surface area contributed by atoms with Gasteiger partial charge in [-0.15, -0.1) is 0 Å².